The molecular weight excluding hydrogens is 307 g/mol. The molecule has 0 aliphatic rings. The molecule has 2 aromatic rings. The monoisotopic (exact) mass is 314 g/mol. The quantitative estimate of drug-likeness (QED) is 0.857. The van der Waals surface area contributed by atoms with Crippen LogP contribution in [0.25, 0.3) is 0 Å². The minimum atomic E-state index is -0.237. The van der Waals surface area contributed by atoms with Gasteiger partial charge in [0.25, 0.3) is 0 Å². The van der Waals surface area contributed by atoms with Crippen molar-refractivity contribution in [3.05, 3.63) is 57.5 Å². The van der Waals surface area contributed by atoms with E-state index < -0.39 is 0 Å². The molecule has 0 unspecified atom stereocenters. The molecule has 1 N–H and O–H groups in total. The lowest BCUT2D eigenvalue weighted by Crippen LogP contribution is -2.00. The second kappa shape index (κ2) is 5.47. The molecule has 88 valence electrons. The lowest BCUT2D eigenvalue weighted by molar-refractivity contribution is 0.627. The predicted molar refractivity (Wildman–Crippen MR) is 70.7 cm³/mol. The van der Waals surface area contributed by atoms with Crippen molar-refractivity contribution in [3.63, 3.8) is 0 Å². The van der Waals surface area contributed by atoms with Crippen LogP contribution < -0.4 is 5.32 Å². The summed E-state index contributed by atoms with van der Waals surface area (Å²) in [5, 5.41) is 3.74. The fourth-order valence-electron chi connectivity index (χ4n) is 1.35. The molecule has 0 aliphatic carbocycles. The van der Waals surface area contributed by atoms with Gasteiger partial charge in [-0.05, 0) is 39.7 Å². The number of benzene rings is 1. The summed E-state index contributed by atoms with van der Waals surface area (Å²) < 4.78 is 13.4. The van der Waals surface area contributed by atoms with Crippen LogP contribution in [0.5, 0.6) is 0 Å². The maximum absolute atomic E-state index is 12.7. The first-order valence-corrected chi connectivity index (χ1v) is 6.11. The van der Waals surface area contributed by atoms with Crippen molar-refractivity contribution in [2.24, 2.45) is 0 Å². The van der Waals surface area contributed by atoms with Gasteiger partial charge in [0.1, 0.15) is 10.4 Å². The van der Waals surface area contributed by atoms with E-state index in [1.54, 1.807) is 24.4 Å². The van der Waals surface area contributed by atoms with Crippen LogP contribution in [0.4, 0.5) is 10.1 Å². The summed E-state index contributed by atoms with van der Waals surface area (Å²) in [7, 11) is 0. The maximum atomic E-state index is 12.7. The molecule has 0 bridgehead atoms. The Labute approximate surface area is 112 Å². The highest BCUT2D eigenvalue weighted by atomic mass is 79.9. The first-order chi connectivity index (χ1) is 8.15. The Morgan fingerprint density at radius 1 is 1.29 bits per heavy atom. The molecule has 0 aliphatic heterocycles. The van der Waals surface area contributed by atoms with Crippen LogP contribution in [0.15, 0.2) is 41.1 Å². The van der Waals surface area contributed by atoms with E-state index >= 15 is 0 Å². The van der Waals surface area contributed by atoms with E-state index in [0.29, 0.717) is 16.2 Å². The van der Waals surface area contributed by atoms with Crippen LogP contribution in [-0.2, 0) is 6.54 Å². The highest BCUT2D eigenvalue weighted by Crippen LogP contribution is 2.23. The van der Waals surface area contributed by atoms with Crippen LogP contribution >= 0.6 is 27.5 Å². The molecule has 1 aromatic heterocycles. The van der Waals surface area contributed by atoms with E-state index in [-0.39, 0.29) is 5.82 Å². The summed E-state index contributed by atoms with van der Waals surface area (Å²) in [6, 6.07) is 8.11. The SMILES string of the molecule is Fc1ccc(CNc2cc(Cl)cnc2Br)cc1. The molecule has 0 radical (unpaired) electrons. The smallest absolute Gasteiger partial charge is 0.129 e. The first kappa shape index (κ1) is 12.3. The zero-order valence-corrected chi connectivity index (χ0v) is 11.1. The summed E-state index contributed by atoms with van der Waals surface area (Å²) in [4.78, 5) is 4.07. The Morgan fingerprint density at radius 2 is 2.00 bits per heavy atom. The third kappa shape index (κ3) is 3.41. The van der Waals surface area contributed by atoms with Crippen LogP contribution in [0.1, 0.15) is 5.56 Å². The summed E-state index contributed by atoms with van der Waals surface area (Å²) in [6.45, 7) is 0.584. The predicted octanol–water partition coefficient (Wildman–Crippen LogP) is 4.25. The van der Waals surface area contributed by atoms with Crippen molar-refractivity contribution in [1.82, 2.24) is 4.98 Å². The van der Waals surface area contributed by atoms with Crippen LogP contribution in [0.3, 0.4) is 0 Å². The molecule has 0 fully saturated rings. The van der Waals surface area contributed by atoms with E-state index in [2.05, 4.69) is 26.2 Å². The topological polar surface area (TPSA) is 24.9 Å². The van der Waals surface area contributed by atoms with Crippen molar-refractivity contribution in [1.29, 1.82) is 0 Å². The Morgan fingerprint density at radius 3 is 2.71 bits per heavy atom. The molecule has 1 aromatic carbocycles. The molecule has 1 heterocycles. The van der Waals surface area contributed by atoms with Gasteiger partial charge in [-0.15, -0.1) is 0 Å². The number of anilines is 1. The van der Waals surface area contributed by atoms with Crippen molar-refractivity contribution >= 4 is 33.2 Å². The van der Waals surface area contributed by atoms with Gasteiger partial charge in [0.15, 0.2) is 0 Å². The number of pyridine rings is 1. The maximum Gasteiger partial charge on any atom is 0.129 e. The fraction of sp³-hybridized carbons (Fsp3) is 0.0833. The highest BCUT2D eigenvalue weighted by Gasteiger charge is 2.02. The highest BCUT2D eigenvalue weighted by molar-refractivity contribution is 9.10. The average Bonchev–Trinajstić information content (AvgIpc) is 2.32. The summed E-state index contributed by atoms with van der Waals surface area (Å²) in [6.07, 6.45) is 1.56. The molecule has 2 rings (SSSR count). The number of hydrogen-bond donors (Lipinski definition) is 1. The lowest BCUT2D eigenvalue weighted by atomic mass is 10.2. The van der Waals surface area contributed by atoms with E-state index in [1.807, 2.05) is 0 Å². The largest absolute Gasteiger partial charge is 0.379 e. The van der Waals surface area contributed by atoms with Gasteiger partial charge in [-0.25, -0.2) is 9.37 Å². The zero-order valence-electron chi connectivity index (χ0n) is 8.75. The third-order valence-electron chi connectivity index (χ3n) is 2.20. The van der Waals surface area contributed by atoms with Gasteiger partial charge >= 0.3 is 0 Å². The molecule has 17 heavy (non-hydrogen) atoms. The molecule has 0 saturated heterocycles. The number of halogens is 3. The van der Waals surface area contributed by atoms with Gasteiger partial charge in [0.05, 0.1) is 10.7 Å². The standard InChI is InChI=1S/C12H9BrClFN2/c13-12-11(5-9(14)7-17-12)16-6-8-1-3-10(15)4-2-8/h1-5,7,16H,6H2. The Bertz CT molecular complexity index is 516. The van der Waals surface area contributed by atoms with Crippen molar-refractivity contribution in [3.8, 4) is 0 Å². The minimum Gasteiger partial charge on any atom is -0.379 e. The number of hydrogen-bond acceptors (Lipinski definition) is 2. The molecule has 2 nitrogen and oxygen atoms in total. The number of nitrogens with zero attached hydrogens (tertiary/aromatic N) is 1. The molecule has 0 saturated carbocycles. The van der Waals surface area contributed by atoms with Gasteiger partial charge in [0, 0.05) is 12.7 Å². The summed E-state index contributed by atoms with van der Waals surface area (Å²) in [5.41, 5.74) is 1.79. The second-order valence-electron chi connectivity index (χ2n) is 3.47. The average molecular weight is 316 g/mol. The Hall–Kier alpha value is -1.13. The van der Waals surface area contributed by atoms with E-state index in [1.165, 1.54) is 12.1 Å². The summed E-state index contributed by atoms with van der Waals surface area (Å²) >= 11 is 9.17. The fourth-order valence-corrected chi connectivity index (χ4v) is 1.86. The van der Waals surface area contributed by atoms with E-state index in [0.717, 1.165) is 11.3 Å². The number of rotatable bonds is 3. The second-order valence-corrected chi connectivity index (χ2v) is 4.66. The first-order valence-electron chi connectivity index (χ1n) is 4.94. The molecule has 0 amide bonds. The lowest BCUT2D eigenvalue weighted by Gasteiger charge is -2.08. The van der Waals surface area contributed by atoms with Crippen molar-refractivity contribution < 1.29 is 4.39 Å². The van der Waals surface area contributed by atoms with Crippen LogP contribution in [-0.4, -0.2) is 4.98 Å². The molecule has 0 spiro atoms. The van der Waals surface area contributed by atoms with Crippen LogP contribution in [0.2, 0.25) is 5.02 Å². The van der Waals surface area contributed by atoms with Crippen LogP contribution in [0, 0.1) is 5.82 Å². The van der Waals surface area contributed by atoms with Gasteiger partial charge in [-0.1, -0.05) is 23.7 Å². The Balaban J connectivity index is 2.07. The number of aromatic nitrogens is 1. The van der Waals surface area contributed by atoms with Gasteiger partial charge in [-0.3, -0.25) is 0 Å². The molecule has 5 heteroatoms. The number of nitrogens with one attached hydrogen (secondary N) is 1. The Kier molecular flexibility index (Phi) is 3.97. The normalized spacial score (nSPS) is 10.3. The molecule has 0 atom stereocenters. The molecular formula is C12H9BrClFN2. The van der Waals surface area contributed by atoms with Crippen molar-refractivity contribution in [2.45, 2.75) is 6.54 Å². The minimum absolute atomic E-state index is 0.237. The van der Waals surface area contributed by atoms with Gasteiger partial charge < -0.3 is 5.32 Å². The zero-order chi connectivity index (χ0) is 12.3. The van der Waals surface area contributed by atoms with Gasteiger partial charge in [-0.2, -0.15) is 0 Å². The summed E-state index contributed by atoms with van der Waals surface area (Å²) in [5.74, 6) is -0.237. The van der Waals surface area contributed by atoms with Crippen molar-refractivity contribution in [2.75, 3.05) is 5.32 Å². The third-order valence-corrected chi connectivity index (χ3v) is 3.04. The van der Waals surface area contributed by atoms with E-state index in [9.17, 15) is 4.39 Å². The van der Waals surface area contributed by atoms with E-state index in [4.69, 9.17) is 11.6 Å². The van der Waals surface area contributed by atoms with Gasteiger partial charge in [0.2, 0.25) is 0 Å².